The van der Waals surface area contributed by atoms with Gasteiger partial charge in [-0.15, -0.1) is 0 Å². The molecule has 1 unspecified atom stereocenters. The number of thioether (sulfide) groups is 1. The van der Waals surface area contributed by atoms with Gasteiger partial charge in [-0.2, -0.15) is 16.9 Å². The summed E-state index contributed by atoms with van der Waals surface area (Å²) < 4.78 is 0. The Morgan fingerprint density at radius 1 is 1.65 bits per heavy atom. The number of aliphatic carboxylic acids is 1. The molecule has 1 fully saturated rings. The SMILES string of the molecule is O=C(O)CC1CSCCN1C(=O)c1ccn[nH]1. The largest absolute Gasteiger partial charge is 0.481 e. The van der Waals surface area contributed by atoms with Gasteiger partial charge in [-0.25, -0.2) is 0 Å². The van der Waals surface area contributed by atoms with E-state index in [2.05, 4.69) is 10.2 Å². The number of carboxylic acid groups (broad SMARTS) is 1. The summed E-state index contributed by atoms with van der Waals surface area (Å²) in [6.45, 7) is 0.584. The topological polar surface area (TPSA) is 86.3 Å². The van der Waals surface area contributed by atoms with E-state index in [-0.39, 0.29) is 18.4 Å². The molecule has 2 heterocycles. The number of aromatic amines is 1. The maximum atomic E-state index is 12.1. The lowest BCUT2D eigenvalue weighted by atomic mass is 10.2. The molecule has 17 heavy (non-hydrogen) atoms. The Bertz CT molecular complexity index is 407. The minimum absolute atomic E-state index is 0.00707. The van der Waals surface area contributed by atoms with Crippen molar-refractivity contribution < 1.29 is 14.7 Å². The number of carbonyl (C=O) groups excluding carboxylic acids is 1. The van der Waals surface area contributed by atoms with Crippen LogP contribution in [-0.4, -0.2) is 56.2 Å². The Labute approximate surface area is 102 Å². The number of carbonyl (C=O) groups is 2. The number of H-pyrrole nitrogens is 1. The second kappa shape index (κ2) is 5.22. The van der Waals surface area contributed by atoms with Crippen LogP contribution in [0.3, 0.4) is 0 Å². The number of nitrogens with zero attached hydrogens (tertiary/aromatic N) is 2. The van der Waals surface area contributed by atoms with Crippen LogP contribution in [0.1, 0.15) is 16.9 Å². The molecule has 2 N–H and O–H groups in total. The summed E-state index contributed by atoms with van der Waals surface area (Å²) in [7, 11) is 0. The van der Waals surface area contributed by atoms with Crippen LogP contribution in [0, 0.1) is 0 Å². The third-order valence-electron chi connectivity index (χ3n) is 2.63. The van der Waals surface area contributed by atoms with Crippen molar-refractivity contribution in [1.82, 2.24) is 15.1 Å². The van der Waals surface area contributed by atoms with Crippen LogP contribution in [0.2, 0.25) is 0 Å². The fourth-order valence-electron chi connectivity index (χ4n) is 1.82. The van der Waals surface area contributed by atoms with Gasteiger partial charge in [0.15, 0.2) is 0 Å². The van der Waals surface area contributed by atoms with Crippen molar-refractivity contribution in [3.05, 3.63) is 18.0 Å². The molecule has 1 aromatic heterocycles. The van der Waals surface area contributed by atoms with Crippen LogP contribution in [0.4, 0.5) is 0 Å². The zero-order chi connectivity index (χ0) is 12.3. The standard InChI is InChI=1S/C10H13N3O3S/c14-9(15)5-7-6-17-4-3-13(7)10(16)8-1-2-11-12-8/h1-2,7H,3-6H2,(H,11,12)(H,14,15). The van der Waals surface area contributed by atoms with Gasteiger partial charge in [-0.3, -0.25) is 14.7 Å². The molecular formula is C10H13N3O3S. The van der Waals surface area contributed by atoms with E-state index in [1.165, 1.54) is 6.20 Å². The summed E-state index contributed by atoms with van der Waals surface area (Å²) in [5.41, 5.74) is 0.410. The lowest BCUT2D eigenvalue weighted by molar-refractivity contribution is -0.138. The fraction of sp³-hybridized carbons (Fsp3) is 0.500. The van der Waals surface area contributed by atoms with Gasteiger partial charge in [0.05, 0.1) is 12.5 Å². The van der Waals surface area contributed by atoms with Crippen LogP contribution in [-0.2, 0) is 4.79 Å². The van der Waals surface area contributed by atoms with Crippen molar-refractivity contribution in [2.45, 2.75) is 12.5 Å². The van der Waals surface area contributed by atoms with Crippen molar-refractivity contribution in [3.8, 4) is 0 Å². The van der Waals surface area contributed by atoms with Crippen molar-refractivity contribution in [3.63, 3.8) is 0 Å². The number of rotatable bonds is 3. The maximum Gasteiger partial charge on any atom is 0.305 e. The molecule has 0 aromatic carbocycles. The van der Waals surface area contributed by atoms with E-state index >= 15 is 0 Å². The van der Waals surface area contributed by atoms with Crippen LogP contribution in [0.15, 0.2) is 12.3 Å². The van der Waals surface area contributed by atoms with Gasteiger partial charge < -0.3 is 10.0 Å². The Morgan fingerprint density at radius 2 is 2.47 bits per heavy atom. The summed E-state index contributed by atoms with van der Waals surface area (Å²) in [6.07, 6.45) is 1.50. The molecule has 1 aliphatic rings. The highest BCUT2D eigenvalue weighted by molar-refractivity contribution is 7.99. The zero-order valence-corrected chi connectivity index (χ0v) is 9.94. The molecular weight excluding hydrogens is 242 g/mol. The van der Waals surface area contributed by atoms with Crippen LogP contribution in [0.25, 0.3) is 0 Å². The fourth-order valence-corrected chi connectivity index (χ4v) is 2.88. The molecule has 1 amide bonds. The van der Waals surface area contributed by atoms with Crippen molar-refractivity contribution in [1.29, 1.82) is 0 Å². The molecule has 92 valence electrons. The molecule has 1 aromatic rings. The van der Waals surface area contributed by atoms with Gasteiger partial charge in [0.1, 0.15) is 5.69 Å². The van der Waals surface area contributed by atoms with Crippen molar-refractivity contribution in [2.24, 2.45) is 0 Å². The van der Waals surface area contributed by atoms with E-state index in [9.17, 15) is 9.59 Å². The molecule has 1 atom stereocenters. The third-order valence-corrected chi connectivity index (χ3v) is 3.72. The Kier molecular flexibility index (Phi) is 3.68. The van der Waals surface area contributed by atoms with Gasteiger partial charge >= 0.3 is 5.97 Å². The molecule has 0 radical (unpaired) electrons. The highest BCUT2D eigenvalue weighted by atomic mass is 32.2. The first-order valence-corrected chi connectivity index (χ1v) is 6.44. The number of hydrogen-bond acceptors (Lipinski definition) is 4. The summed E-state index contributed by atoms with van der Waals surface area (Å²) >= 11 is 1.68. The van der Waals surface area contributed by atoms with Crippen molar-refractivity contribution >= 4 is 23.6 Å². The van der Waals surface area contributed by atoms with Gasteiger partial charge in [-0.05, 0) is 6.07 Å². The van der Waals surface area contributed by atoms with E-state index < -0.39 is 5.97 Å². The molecule has 1 saturated heterocycles. The molecule has 1 aliphatic heterocycles. The van der Waals surface area contributed by atoms with E-state index in [1.807, 2.05) is 0 Å². The Hall–Kier alpha value is -1.50. The lowest BCUT2D eigenvalue weighted by Crippen LogP contribution is -2.47. The van der Waals surface area contributed by atoms with Crippen LogP contribution >= 0.6 is 11.8 Å². The number of carboxylic acids is 1. The molecule has 7 heteroatoms. The average Bonchev–Trinajstić information content (AvgIpc) is 2.81. The molecule has 0 bridgehead atoms. The predicted octanol–water partition coefficient (Wildman–Crippen LogP) is 0.442. The van der Waals surface area contributed by atoms with E-state index in [4.69, 9.17) is 5.11 Å². The first-order chi connectivity index (χ1) is 8.18. The van der Waals surface area contributed by atoms with E-state index in [0.717, 1.165) is 5.75 Å². The normalized spacial score (nSPS) is 20.2. The summed E-state index contributed by atoms with van der Waals surface area (Å²) in [5, 5.41) is 15.2. The molecule has 6 nitrogen and oxygen atoms in total. The summed E-state index contributed by atoms with van der Waals surface area (Å²) in [6, 6.07) is 1.36. The minimum Gasteiger partial charge on any atom is -0.481 e. The highest BCUT2D eigenvalue weighted by Gasteiger charge is 2.29. The number of amides is 1. The monoisotopic (exact) mass is 255 g/mol. The van der Waals surface area contributed by atoms with E-state index in [0.29, 0.717) is 18.0 Å². The van der Waals surface area contributed by atoms with Gasteiger partial charge in [0.25, 0.3) is 5.91 Å². The lowest BCUT2D eigenvalue weighted by Gasteiger charge is -2.34. The Balaban J connectivity index is 2.10. The molecule has 2 rings (SSSR count). The maximum absolute atomic E-state index is 12.1. The quantitative estimate of drug-likeness (QED) is 0.818. The smallest absolute Gasteiger partial charge is 0.305 e. The van der Waals surface area contributed by atoms with Crippen molar-refractivity contribution in [2.75, 3.05) is 18.1 Å². The number of hydrogen-bond donors (Lipinski definition) is 2. The molecule has 0 aliphatic carbocycles. The van der Waals surface area contributed by atoms with Crippen LogP contribution < -0.4 is 0 Å². The first kappa shape index (κ1) is 12.0. The average molecular weight is 255 g/mol. The molecule has 0 spiro atoms. The summed E-state index contributed by atoms with van der Waals surface area (Å²) in [5.74, 6) is 0.469. The van der Waals surface area contributed by atoms with Crippen LogP contribution in [0.5, 0.6) is 0 Å². The predicted molar refractivity (Wildman–Crippen MR) is 63.0 cm³/mol. The second-order valence-corrected chi connectivity index (χ2v) is 4.95. The first-order valence-electron chi connectivity index (χ1n) is 5.28. The third kappa shape index (κ3) is 2.79. The number of nitrogens with one attached hydrogen (secondary N) is 1. The van der Waals surface area contributed by atoms with E-state index in [1.54, 1.807) is 22.7 Å². The molecule has 0 saturated carbocycles. The van der Waals surface area contributed by atoms with Gasteiger partial charge in [-0.1, -0.05) is 0 Å². The zero-order valence-electron chi connectivity index (χ0n) is 9.13. The highest BCUT2D eigenvalue weighted by Crippen LogP contribution is 2.20. The Morgan fingerprint density at radius 3 is 3.12 bits per heavy atom. The van der Waals surface area contributed by atoms with Gasteiger partial charge in [0.2, 0.25) is 0 Å². The van der Waals surface area contributed by atoms with Gasteiger partial charge in [0, 0.05) is 24.2 Å². The number of aromatic nitrogens is 2. The second-order valence-electron chi connectivity index (χ2n) is 3.80. The summed E-state index contributed by atoms with van der Waals surface area (Å²) in [4.78, 5) is 24.5. The minimum atomic E-state index is -0.875.